The van der Waals surface area contributed by atoms with Crippen molar-refractivity contribution in [3.05, 3.63) is 108 Å². The maximum atomic E-state index is 6.35. The first-order chi connectivity index (χ1) is 16.3. The van der Waals surface area contributed by atoms with Gasteiger partial charge < -0.3 is 9.15 Å². The first-order valence-electron chi connectivity index (χ1n) is 10.9. The van der Waals surface area contributed by atoms with Crippen LogP contribution in [0, 0.1) is 0 Å². The largest absolute Gasteiger partial charge is 0.481 e. The highest BCUT2D eigenvalue weighted by Gasteiger charge is 2.38. The Morgan fingerprint density at radius 3 is 2.55 bits per heavy atom. The predicted molar refractivity (Wildman–Crippen MR) is 130 cm³/mol. The number of halogens is 1. The van der Waals surface area contributed by atoms with Gasteiger partial charge in [-0.3, -0.25) is 0 Å². The number of furan rings is 1. The molecule has 0 spiro atoms. The van der Waals surface area contributed by atoms with E-state index in [2.05, 4.69) is 52.5 Å². The van der Waals surface area contributed by atoms with Gasteiger partial charge in [-0.15, -0.1) is 0 Å². The van der Waals surface area contributed by atoms with Gasteiger partial charge in [-0.2, -0.15) is 0 Å². The van der Waals surface area contributed by atoms with Crippen LogP contribution in [0.15, 0.2) is 95.4 Å². The van der Waals surface area contributed by atoms with Crippen molar-refractivity contribution >= 4 is 39.1 Å². The lowest BCUT2D eigenvalue weighted by Crippen LogP contribution is -2.17. The van der Waals surface area contributed by atoms with Crippen LogP contribution in [0.3, 0.4) is 0 Å². The van der Waals surface area contributed by atoms with E-state index in [0.717, 1.165) is 50.0 Å². The number of hydrogen-bond acceptors (Lipinski definition) is 4. The van der Waals surface area contributed by atoms with Crippen molar-refractivity contribution in [3.8, 4) is 17.0 Å². The van der Waals surface area contributed by atoms with E-state index in [1.54, 1.807) is 0 Å². The summed E-state index contributed by atoms with van der Waals surface area (Å²) < 4.78 is 12.6. The molecular formula is C28H17ClN2O2. The molecule has 0 fully saturated rings. The zero-order valence-corrected chi connectivity index (χ0v) is 18.2. The molecule has 1 aliphatic carbocycles. The summed E-state index contributed by atoms with van der Waals surface area (Å²) >= 11 is 6.35. The Morgan fingerprint density at radius 1 is 0.818 bits per heavy atom. The second-order valence-electron chi connectivity index (χ2n) is 8.29. The fraction of sp³-hybridized carbons (Fsp3) is 0.0714. The zero-order valence-electron chi connectivity index (χ0n) is 17.4. The van der Waals surface area contributed by atoms with Gasteiger partial charge in [0.25, 0.3) is 0 Å². The highest BCUT2D eigenvalue weighted by Crippen LogP contribution is 2.47. The molecule has 3 heterocycles. The van der Waals surface area contributed by atoms with Crippen molar-refractivity contribution in [1.82, 2.24) is 9.97 Å². The summed E-state index contributed by atoms with van der Waals surface area (Å²) in [5.41, 5.74) is 6.40. The maximum Gasteiger partial charge on any atom is 0.223 e. The van der Waals surface area contributed by atoms with E-state index in [1.807, 2.05) is 48.5 Å². The van der Waals surface area contributed by atoms with E-state index in [9.17, 15) is 0 Å². The van der Waals surface area contributed by atoms with Gasteiger partial charge in [0.2, 0.25) is 5.28 Å². The van der Waals surface area contributed by atoms with E-state index < -0.39 is 0 Å². The van der Waals surface area contributed by atoms with Gasteiger partial charge in [-0.05, 0) is 29.3 Å². The van der Waals surface area contributed by atoms with Gasteiger partial charge in [-0.1, -0.05) is 78.9 Å². The number of allylic oxidation sites excluding steroid dienone is 2. The van der Waals surface area contributed by atoms with Gasteiger partial charge >= 0.3 is 0 Å². The van der Waals surface area contributed by atoms with Crippen molar-refractivity contribution in [2.75, 3.05) is 0 Å². The Bertz CT molecular complexity index is 1620. The van der Waals surface area contributed by atoms with E-state index in [-0.39, 0.29) is 17.3 Å². The summed E-state index contributed by atoms with van der Waals surface area (Å²) in [5, 5.41) is 2.45. The second-order valence-corrected chi connectivity index (χ2v) is 8.63. The SMILES string of the molecule is Clc1nc(-c2ccccc2)c2c(n1)C1C=C(c3cccc4c3oc3ccccc34)C=CC1O2. The minimum atomic E-state index is -0.145. The van der Waals surface area contributed by atoms with Crippen LogP contribution < -0.4 is 4.74 Å². The minimum absolute atomic E-state index is 0.0532. The van der Waals surface area contributed by atoms with Crippen LogP contribution in [0.2, 0.25) is 5.28 Å². The molecule has 1 aliphatic heterocycles. The summed E-state index contributed by atoms with van der Waals surface area (Å²) in [4.78, 5) is 9.06. The third-order valence-corrected chi connectivity index (χ3v) is 6.54. The van der Waals surface area contributed by atoms with Crippen LogP contribution in [0.5, 0.6) is 5.75 Å². The average molecular weight is 449 g/mol. The number of rotatable bonds is 2. The molecule has 2 unspecified atom stereocenters. The lowest BCUT2D eigenvalue weighted by molar-refractivity contribution is 0.269. The normalized spacial score (nSPS) is 18.8. The summed E-state index contributed by atoms with van der Waals surface area (Å²) in [6, 6.07) is 24.3. The molecule has 0 saturated heterocycles. The van der Waals surface area contributed by atoms with Crippen molar-refractivity contribution < 1.29 is 9.15 Å². The van der Waals surface area contributed by atoms with Crippen molar-refractivity contribution in [1.29, 1.82) is 0 Å². The van der Waals surface area contributed by atoms with E-state index in [0.29, 0.717) is 5.75 Å². The molecule has 2 atom stereocenters. The summed E-state index contributed by atoms with van der Waals surface area (Å²) in [6.45, 7) is 0. The smallest absolute Gasteiger partial charge is 0.223 e. The van der Waals surface area contributed by atoms with Gasteiger partial charge in [0.1, 0.15) is 23.0 Å². The molecule has 0 bridgehead atoms. The molecule has 7 rings (SSSR count). The first-order valence-corrected chi connectivity index (χ1v) is 11.2. The Balaban J connectivity index is 1.38. The topological polar surface area (TPSA) is 48.2 Å². The molecule has 0 radical (unpaired) electrons. The molecule has 5 aromatic rings. The van der Waals surface area contributed by atoms with Crippen molar-refractivity contribution in [2.24, 2.45) is 0 Å². The summed E-state index contributed by atoms with van der Waals surface area (Å²) in [6.07, 6.45) is 6.25. The Labute approximate surface area is 194 Å². The molecule has 0 N–H and O–H groups in total. The number of fused-ring (bicyclic) bond motifs is 6. The van der Waals surface area contributed by atoms with Crippen LogP contribution in [-0.2, 0) is 0 Å². The molecule has 158 valence electrons. The molecule has 4 nitrogen and oxygen atoms in total. The molecular weight excluding hydrogens is 432 g/mol. The Kier molecular flexibility index (Phi) is 3.99. The number of para-hydroxylation sites is 2. The second kappa shape index (κ2) is 7.06. The number of ether oxygens (including phenoxy) is 1. The highest BCUT2D eigenvalue weighted by molar-refractivity contribution is 6.28. The molecule has 3 aromatic carbocycles. The van der Waals surface area contributed by atoms with Crippen LogP contribution >= 0.6 is 11.6 Å². The van der Waals surface area contributed by atoms with Gasteiger partial charge in [0.15, 0.2) is 5.75 Å². The zero-order chi connectivity index (χ0) is 21.9. The fourth-order valence-corrected chi connectivity index (χ4v) is 5.05. The monoisotopic (exact) mass is 448 g/mol. The molecule has 33 heavy (non-hydrogen) atoms. The highest BCUT2D eigenvalue weighted by atomic mass is 35.5. The van der Waals surface area contributed by atoms with E-state index in [4.69, 9.17) is 20.8 Å². The minimum Gasteiger partial charge on any atom is -0.481 e. The predicted octanol–water partition coefficient (Wildman–Crippen LogP) is 7.19. The molecule has 2 aliphatic rings. The summed E-state index contributed by atoms with van der Waals surface area (Å²) in [7, 11) is 0. The van der Waals surface area contributed by atoms with E-state index in [1.165, 1.54) is 0 Å². The van der Waals surface area contributed by atoms with Crippen LogP contribution in [0.25, 0.3) is 38.8 Å². The van der Waals surface area contributed by atoms with Crippen LogP contribution in [-0.4, -0.2) is 16.1 Å². The Hall–Kier alpha value is -3.89. The lowest BCUT2D eigenvalue weighted by Gasteiger charge is -2.18. The number of aromatic nitrogens is 2. The maximum absolute atomic E-state index is 6.35. The first kappa shape index (κ1) is 18.7. The molecule has 0 amide bonds. The Morgan fingerprint density at radius 2 is 1.64 bits per heavy atom. The summed E-state index contributed by atoms with van der Waals surface area (Å²) in [5.74, 6) is 0.646. The molecule has 2 aromatic heterocycles. The third kappa shape index (κ3) is 2.84. The van der Waals surface area contributed by atoms with Gasteiger partial charge in [0, 0.05) is 21.9 Å². The fourth-order valence-electron chi connectivity index (χ4n) is 4.87. The molecule has 0 saturated carbocycles. The van der Waals surface area contributed by atoms with Gasteiger partial charge in [-0.25, -0.2) is 9.97 Å². The third-order valence-electron chi connectivity index (χ3n) is 6.38. The average Bonchev–Trinajstić information content (AvgIpc) is 3.42. The number of nitrogens with zero attached hydrogens (tertiary/aromatic N) is 2. The van der Waals surface area contributed by atoms with Crippen molar-refractivity contribution in [3.63, 3.8) is 0 Å². The van der Waals surface area contributed by atoms with Gasteiger partial charge in [0.05, 0.1) is 11.6 Å². The lowest BCUT2D eigenvalue weighted by atomic mass is 9.88. The standard InChI is InChI=1S/C28H17ClN2O2/c29-28-30-24(16-7-2-1-3-8-16)27-25(31-28)21-15-17(13-14-23(21)33-27)18-10-6-11-20-19-9-4-5-12-22(19)32-26(18)20/h1-15,21,23H. The van der Waals surface area contributed by atoms with Crippen molar-refractivity contribution in [2.45, 2.75) is 12.0 Å². The number of benzene rings is 3. The number of hydrogen-bond donors (Lipinski definition) is 0. The van der Waals surface area contributed by atoms with Crippen LogP contribution in [0.1, 0.15) is 17.2 Å². The van der Waals surface area contributed by atoms with E-state index >= 15 is 0 Å². The molecule has 5 heteroatoms. The van der Waals surface area contributed by atoms with Crippen LogP contribution in [0.4, 0.5) is 0 Å². The quantitative estimate of drug-likeness (QED) is 0.268.